The lowest BCUT2D eigenvalue weighted by molar-refractivity contribution is 0.134. The molecular formula is C11H13BrO2. The molecule has 1 aliphatic rings. The van der Waals surface area contributed by atoms with Gasteiger partial charge in [-0.15, -0.1) is 0 Å². The third kappa shape index (κ3) is 1.50. The van der Waals surface area contributed by atoms with Gasteiger partial charge in [0.05, 0.1) is 7.11 Å². The number of fused-ring (bicyclic) bond motifs is 1. The zero-order valence-corrected chi connectivity index (χ0v) is 10.1. The Morgan fingerprint density at radius 3 is 2.79 bits per heavy atom. The van der Waals surface area contributed by atoms with Crippen molar-refractivity contribution >= 4 is 15.9 Å². The molecule has 3 heteroatoms. The molecule has 0 radical (unpaired) electrons. The van der Waals surface area contributed by atoms with Crippen LogP contribution in [-0.4, -0.2) is 12.7 Å². The molecule has 0 aromatic heterocycles. The third-order valence-corrected chi connectivity index (χ3v) is 3.11. The molecule has 76 valence electrons. The first kappa shape index (κ1) is 9.84. The molecule has 0 bridgehead atoms. The fourth-order valence-electron chi connectivity index (χ4n) is 1.76. The Bertz CT molecular complexity index is 372. The van der Waals surface area contributed by atoms with Crippen LogP contribution < -0.4 is 9.47 Å². The van der Waals surface area contributed by atoms with Gasteiger partial charge in [0.15, 0.2) is 11.5 Å². The van der Waals surface area contributed by atoms with Crippen LogP contribution in [0.25, 0.3) is 0 Å². The summed E-state index contributed by atoms with van der Waals surface area (Å²) in [6.45, 7) is 4.16. The van der Waals surface area contributed by atoms with Crippen LogP contribution in [-0.2, 0) is 6.42 Å². The molecule has 1 heterocycles. The maximum atomic E-state index is 5.84. The normalized spacial score (nSPS) is 17.4. The Morgan fingerprint density at radius 1 is 1.43 bits per heavy atom. The smallest absolute Gasteiger partial charge is 0.166 e. The predicted molar refractivity (Wildman–Crippen MR) is 59.1 cm³/mol. The summed E-state index contributed by atoms with van der Waals surface area (Å²) >= 11 is 3.53. The van der Waals surface area contributed by atoms with Crippen LogP contribution in [0.4, 0.5) is 0 Å². The number of hydrogen-bond acceptors (Lipinski definition) is 2. The molecule has 0 N–H and O–H groups in total. The van der Waals surface area contributed by atoms with Crippen molar-refractivity contribution in [1.29, 1.82) is 0 Å². The first-order valence-electron chi connectivity index (χ1n) is 4.58. The quantitative estimate of drug-likeness (QED) is 0.769. The largest absolute Gasteiger partial charge is 0.493 e. The van der Waals surface area contributed by atoms with Gasteiger partial charge >= 0.3 is 0 Å². The predicted octanol–water partition coefficient (Wildman–Crippen LogP) is 3.17. The average molecular weight is 257 g/mol. The van der Waals surface area contributed by atoms with Crippen LogP contribution in [0.5, 0.6) is 11.5 Å². The molecule has 0 unspecified atom stereocenters. The lowest BCUT2D eigenvalue weighted by Gasteiger charge is -2.17. The van der Waals surface area contributed by atoms with Gasteiger partial charge in [-0.25, -0.2) is 0 Å². The van der Waals surface area contributed by atoms with Crippen LogP contribution >= 0.6 is 15.9 Å². The highest BCUT2D eigenvalue weighted by Gasteiger charge is 2.33. The molecule has 14 heavy (non-hydrogen) atoms. The van der Waals surface area contributed by atoms with Crippen LogP contribution in [0, 0.1) is 0 Å². The maximum absolute atomic E-state index is 5.84. The molecule has 2 nitrogen and oxygen atoms in total. The van der Waals surface area contributed by atoms with E-state index in [2.05, 4.69) is 29.8 Å². The van der Waals surface area contributed by atoms with E-state index in [1.165, 1.54) is 5.56 Å². The van der Waals surface area contributed by atoms with Gasteiger partial charge in [-0.2, -0.15) is 0 Å². The van der Waals surface area contributed by atoms with Crippen molar-refractivity contribution in [3.05, 3.63) is 22.2 Å². The summed E-state index contributed by atoms with van der Waals surface area (Å²) < 4.78 is 12.2. The summed E-state index contributed by atoms with van der Waals surface area (Å²) in [5.74, 6) is 1.70. The molecule has 0 spiro atoms. The molecule has 0 saturated heterocycles. The van der Waals surface area contributed by atoms with Crippen molar-refractivity contribution in [3.63, 3.8) is 0 Å². The number of halogens is 1. The summed E-state index contributed by atoms with van der Waals surface area (Å²) in [4.78, 5) is 0. The second-order valence-electron chi connectivity index (χ2n) is 4.10. The third-order valence-electron chi connectivity index (χ3n) is 2.37. The van der Waals surface area contributed by atoms with Crippen LogP contribution in [0.2, 0.25) is 0 Å². The summed E-state index contributed by atoms with van der Waals surface area (Å²) in [6, 6.07) is 3.92. The Kier molecular flexibility index (Phi) is 2.22. The Labute approximate surface area is 92.3 Å². The molecule has 0 amide bonds. The molecule has 0 aliphatic carbocycles. The highest BCUT2D eigenvalue weighted by molar-refractivity contribution is 9.10. The maximum Gasteiger partial charge on any atom is 0.166 e. The van der Waals surface area contributed by atoms with E-state index < -0.39 is 0 Å². The van der Waals surface area contributed by atoms with Gasteiger partial charge in [0.2, 0.25) is 0 Å². The van der Waals surface area contributed by atoms with E-state index in [9.17, 15) is 0 Å². The molecule has 1 aromatic rings. The van der Waals surface area contributed by atoms with Crippen molar-refractivity contribution in [2.45, 2.75) is 25.9 Å². The number of rotatable bonds is 1. The van der Waals surface area contributed by atoms with Crippen molar-refractivity contribution in [1.82, 2.24) is 0 Å². The highest BCUT2D eigenvalue weighted by Crippen LogP contribution is 2.45. The molecule has 0 saturated carbocycles. The summed E-state index contributed by atoms with van der Waals surface area (Å²) in [7, 11) is 1.66. The topological polar surface area (TPSA) is 18.5 Å². The summed E-state index contributed by atoms with van der Waals surface area (Å²) in [6.07, 6.45) is 0.917. The highest BCUT2D eigenvalue weighted by atomic mass is 79.9. The van der Waals surface area contributed by atoms with E-state index in [0.29, 0.717) is 0 Å². The molecule has 2 rings (SSSR count). The van der Waals surface area contributed by atoms with Crippen LogP contribution in [0.1, 0.15) is 19.4 Å². The number of ether oxygens (including phenoxy) is 2. The van der Waals surface area contributed by atoms with Gasteiger partial charge < -0.3 is 9.47 Å². The first-order chi connectivity index (χ1) is 6.53. The molecule has 0 fully saturated rings. The minimum atomic E-state index is -0.126. The van der Waals surface area contributed by atoms with Gasteiger partial charge in [0, 0.05) is 16.5 Å². The van der Waals surface area contributed by atoms with Gasteiger partial charge in [0.1, 0.15) is 5.60 Å². The lowest BCUT2D eigenvalue weighted by atomic mass is 10.0. The zero-order chi connectivity index (χ0) is 10.3. The Hall–Kier alpha value is -0.700. The SMILES string of the molecule is COc1ccc(Br)c2c1OC(C)(C)C2. The monoisotopic (exact) mass is 256 g/mol. The number of methoxy groups -OCH3 is 1. The molecule has 0 atom stereocenters. The lowest BCUT2D eigenvalue weighted by Crippen LogP contribution is -2.24. The minimum absolute atomic E-state index is 0.126. The van der Waals surface area contributed by atoms with Crippen molar-refractivity contribution in [3.8, 4) is 11.5 Å². The summed E-state index contributed by atoms with van der Waals surface area (Å²) in [5, 5.41) is 0. The van der Waals surface area contributed by atoms with Gasteiger partial charge in [-0.1, -0.05) is 15.9 Å². The van der Waals surface area contributed by atoms with Gasteiger partial charge in [-0.05, 0) is 26.0 Å². The van der Waals surface area contributed by atoms with E-state index in [-0.39, 0.29) is 5.60 Å². The van der Waals surface area contributed by atoms with E-state index in [1.807, 2.05) is 12.1 Å². The second kappa shape index (κ2) is 3.16. The zero-order valence-electron chi connectivity index (χ0n) is 8.56. The van der Waals surface area contributed by atoms with E-state index in [0.717, 1.165) is 22.4 Å². The minimum Gasteiger partial charge on any atom is -0.493 e. The van der Waals surface area contributed by atoms with Crippen LogP contribution in [0.3, 0.4) is 0 Å². The first-order valence-corrected chi connectivity index (χ1v) is 5.37. The van der Waals surface area contributed by atoms with Crippen molar-refractivity contribution in [2.75, 3.05) is 7.11 Å². The fourth-order valence-corrected chi connectivity index (χ4v) is 2.21. The van der Waals surface area contributed by atoms with Gasteiger partial charge in [0.25, 0.3) is 0 Å². The Morgan fingerprint density at radius 2 is 2.14 bits per heavy atom. The van der Waals surface area contributed by atoms with E-state index >= 15 is 0 Å². The molecular weight excluding hydrogens is 244 g/mol. The van der Waals surface area contributed by atoms with Crippen molar-refractivity contribution < 1.29 is 9.47 Å². The Balaban J connectivity index is 2.53. The fraction of sp³-hybridized carbons (Fsp3) is 0.455. The van der Waals surface area contributed by atoms with Gasteiger partial charge in [-0.3, -0.25) is 0 Å². The standard InChI is InChI=1S/C11H13BrO2/c1-11(2)6-7-8(12)4-5-9(13-3)10(7)14-11/h4-5H,6H2,1-3H3. The van der Waals surface area contributed by atoms with Crippen molar-refractivity contribution in [2.24, 2.45) is 0 Å². The number of hydrogen-bond donors (Lipinski definition) is 0. The van der Waals surface area contributed by atoms with E-state index in [1.54, 1.807) is 7.11 Å². The van der Waals surface area contributed by atoms with E-state index in [4.69, 9.17) is 9.47 Å². The van der Waals surface area contributed by atoms with Crippen LogP contribution in [0.15, 0.2) is 16.6 Å². The average Bonchev–Trinajstić information content (AvgIpc) is 2.42. The summed E-state index contributed by atoms with van der Waals surface area (Å²) in [5.41, 5.74) is 1.08. The second-order valence-corrected chi connectivity index (χ2v) is 4.95. The molecule has 1 aromatic carbocycles. The number of benzene rings is 1. The molecule has 1 aliphatic heterocycles.